The second-order valence-corrected chi connectivity index (χ2v) is 4.20. The van der Waals surface area contributed by atoms with E-state index in [-0.39, 0.29) is 5.69 Å². The quantitative estimate of drug-likeness (QED) is 0.388. The predicted molar refractivity (Wildman–Crippen MR) is 69.9 cm³/mol. The molecule has 0 aliphatic rings. The van der Waals surface area contributed by atoms with Gasteiger partial charge in [-0.3, -0.25) is 15.5 Å². The van der Waals surface area contributed by atoms with Gasteiger partial charge in [0.2, 0.25) is 0 Å². The molecule has 0 aliphatic heterocycles. The number of nitro groups is 1. The molecule has 0 atom stereocenters. The maximum Gasteiger partial charge on any atom is 0.270 e. The molecular formula is C9H9N3O2S2. The molecule has 0 bridgehead atoms. The predicted octanol–water partition coefficient (Wildman–Crippen LogP) is 2.17. The Labute approximate surface area is 102 Å². The van der Waals surface area contributed by atoms with E-state index in [0.717, 1.165) is 0 Å². The second kappa shape index (κ2) is 6.19. The highest BCUT2D eigenvalue weighted by Crippen LogP contribution is 2.11. The first kappa shape index (κ1) is 12.6. The highest BCUT2D eigenvalue weighted by Gasteiger charge is 2.03. The zero-order valence-corrected chi connectivity index (χ0v) is 10.0. The fraction of sp³-hybridized carbons (Fsp3) is 0.111. The highest BCUT2D eigenvalue weighted by molar-refractivity contribution is 8.22. The van der Waals surface area contributed by atoms with Crippen LogP contribution in [0.4, 0.5) is 5.69 Å². The number of hydrogen-bond donors (Lipinski definition) is 1. The Balaban J connectivity index is 2.70. The number of thioether (sulfide) groups is 1. The van der Waals surface area contributed by atoms with Gasteiger partial charge in [-0.2, -0.15) is 5.10 Å². The van der Waals surface area contributed by atoms with E-state index < -0.39 is 4.92 Å². The first-order valence-corrected chi connectivity index (χ1v) is 5.88. The summed E-state index contributed by atoms with van der Waals surface area (Å²) in [5.41, 5.74) is 3.31. The van der Waals surface area contributed by atoms with E-state index in [4.69, 9.17) is 12.2 Å². The number of benzene rings is 1. The molecule has 1 aromatic rings. The monoisotopic (exact) mass is 255 g/mol. The number of hydrogen-bond acceptors (Lipinski definition) is 5. The summed E-state index contributed by atoms with van der Waals surface area (Å²) >= 11 is 6.23. The lowest BCUT2D eigenvalue weighted by Gasteiger charge is -1.97. The van der Waals surface area contributed by atoms with E-state index in [9.17, 15) is 10.1 Å². The molecule has 7 heteroatoms. The smallest absolute Gasteiger partial charge is 0.262 e. The molecule has 0 heterocycles. The van der Waals surface area contributed by atoms with Crippen LogP contribution in [0.25, 0.3) is 0 Å². The van der Waals surface area contributed by atoms with Gasteiger partial charge in [-0.25, -0.2) is 0 Å². The summed E-state index contributed by atoms with van der Waals surface area (Å²) in [5.74, 6) is 0. The molecule has 5 nitrogen and oxygen atoms in total. The molecule has 1 N–H and O–H groups in total. The van der Waals surface area contributed by atoms with Crippen LogP contribution < -0.4 is 5.43 Å². The summed E-state index contributed by atoms with van der Waals surface area (Å²) in [6.45, 7) is 0. The summed E-state index contributed by atoms with van der Waals surface area (Å²) in [4.78, 5) is 10.1. The van der Waals surface area contributed by atoms with Crippen molar-refractivity contribution in [2.45, 2.75) is 0 Å². The molecule has 0 saturated heterocycles. The first-order chi connectivity index (χ1) is 7.63. The Morgan fingerprint density at radius 2 is 2.44 bits per heavy atom. The molecule has 1 rings (SSSR count). The van der Waals surface area contributed by atoms with Gasteiger partial charge in [0.25, 0.3) is 5.69 Å². The van der Waals surface area contributed by atoms with Gasteiger partial charge in [0.1, 0.15) is 0 Å². The average Bonchev–Trinajstić information content (AvgIpc) is 2.29. The molecule has 0 amide bonds. The molecule has 0 radical (unpaired) electrons. The van der Waals surface area contributed by atoms with E-state index in [2.05, 4.69) is 10.5 Å². The van der Waals surface area contributed by atoms with Crippen molar-refractivity contribution in [2.75, 3.05) is 6.26 Å². The minimum absolute atomic E-state index is 0.0383. The Kier molecular flexibility index (Phi) is 4.87. The summed E-state index contributed by atoms with van der Waals surface area (Å²) in [5, 5.41) is 14.4. The minimum Gasteiger partial charge on any atom is -0.262 e. The normalized spacial score (nSPS) is 10.3. The Morgan fingerprint density at radius 3 is 3.06 bits per heavy atom. The molecule has 16 heavy (non-hydrogen) atoms. The third-order valence-electron chi connectivity index (χ3n) is 1.64. The molecule has 1 aromatic carbocycles. The minimum atomic E-state index is -0.447. The van der Waals surface area contributed by atoms with Crippen molar-refractivity contribution >= 4 is 40.2 Å². The Morgan fingerprint density at radius 1 is 1.69 bits per heavy atom. The van der Waals surface area contributed by atoms with E-state index in [1.807, 2.05) is 6.26 Å². The number of non-ortho nitro benzene ring substituents is 1. The molecule has 0 aromatic heterocycles. The summed E-state index contributed by atoms with van der Waals surface area (Å²) < 4.78 is 0.543. The van der Waals surface area contributed by atoms with Gasteiger partial charge in [-0.05, 0) is 6.26 Å². The lowest BCUT2D eigenvalue weighted by Crippen LogP contribution is -2.10. The molecule has 84 valence electrons. The number of hydrazone groups is 1. The van der Waals surface area contributed by atoms with Gasteiger partial charge in [0.05, 0.1) is 11.1 Å². The highest BCUT2D eigenvalue weighted by atomic mass is 32.2. The zero-order valence-electron chi connectivity index (χ0n) is 8.41. The van der Waals surface area contributed by atoms with Crippen LogP contribution in [0.1, 0.15) is 5.56 Å². The first-order valence-electron chi connectivity index (χ1n) is 4.25. The summed E-state index contributed by atoms with van der Waals surface area (Å²) in [6.07, 6.45) is 3.31. The van der Waals surface area contributed by atoms with Crippen molar-refractivity contribution in [1.29, 1.82) is 0 Å². The maximum atomic E-state index is 10.5. The fourth-order valence-corrected chi connectivity index (χ4v) is 1.12. The molecule has 0 spiro atoms. The Bertz CT molecular complexity index is 435. The molecule has 0 fully saturated rings. The van der Waals surface area contributed by atoms with Gasteiger partial charge in [-0.15, -0.1) is 0 Å². The van der Waals surface area contributed by atoms with Gasteiger partial charge in [-0.1, -0.05) is 36.1 Å². The number of rotatable bonds is 3. The van der Waals surface area contributed by atoms with E-state index in [1.54, 1.807) is 12.1 Å². The SMILES string of the molecule is CSC(=S)N/N=C/c1cccc([N+](=O)[O-])c1. The number of nitrogens with zero attached hydrogens (tertiary/aromatic N) is 2. The van der Waals surface area contributed by atoms with Gasteiger partial charge in [0, 0.05) is 17.7 Å². The van der Waals surface area contributed by atoms with Crippen LogP contribution in [0.5, 0.6) is 0 Å². The van der Waals surface area contributed by atoms with Gasteiger partial charge in [0.15, 0.2) is 4.32 Å². The molecule has 0 aliphatic carbocycles. The van der Waals surface area contributed by atoms with Crippen molar-refractivity contribution < 1.29 is 4.92 Å². The Hall–Kier alpha value is -1.47. The standard InChI is InChI=1S/C9H9N3O2S2/c1-16-9(15)11-10-6-7-3-2-4-8(5-7)12(13)14/h2-6H,1H3,(H,11,15)/b10-6+. The van der Waals surface area contributed by atoms with Crippen LogP contribution in [-0.4, -0.2) is 21.7 Å². The second-order valence-electron chi connectivity index (χ2n) is 2.71. The van der Waals surface area contributed by atoms with Gasteiger partial charge >= 0.3 is 0 Å². The van der Waals surface area contributed by atoms with Crippen molar-refractivity contribution in [2.24, 2.45) is 5.10 Å². The van der Waals surface area contributed by atoms with E-state index in [0.29, 0.717) is 9.88 Å². The number of nitrogens with one attached hydrogen (secondary N) is 1. The maximum absolute atomic E-state index is 10.5. The lowest BCUT2D eigenvalue weighted by molar-refractivity contribution is -0.384. The van der Waals surface area contributed by atoms with Crippen molar-refractivity contribution in [3.63, 3.8) is 0 Å². The zero-order chi connectivity index (χ0) is 12.0. The molecular weight excluding hydrogens is 246 g/mol. The van der Waals surface area contributed by atoms with Gasteiger partial charge < -0.3 is 0 Å². The average molecular weight is 255 g/mol. The molecule has 0 unspecified atom stereocenters. The van der Waals surface area contributed by atoms with Crippen LogP contribution in [0.15, 0.2) is 29.4 Å². The topological polar surface area (TPSA) is 67.5 Å². The van der Waals surface area contributed by atoms with Crippen LogP contribution in [0.2, 0.25) is 0 Å². The van der Waals surface area contributed by atoms with Crippen LogP contribution in [0, 0.1) is 10.1 Å². The number of nitro benzene ring substituents is 1. The molecule has 0 saturated carbocycles. The van der Waals surface area contributed by atoms with Crippen LogP contribution in [-0.2, 0) is 0 Å². The van der Waals surface area contributed by atoms with Crippen LogP contribution >= 0.6 is 24.0 Å². The summed E-state index contributed by atoms with van der Waals surface area (Å²) in [6, 6.07) is 6.19. The fourth-order valence-electron chi connectivity index (χ4n) is 0.924. The largest absolute Gasteiger partial charge is 0.270 e. The van der Waals surface area contributed by atoms with E-state index >= 15 is 0 Å². The van der Waals surface area contributed by atoms with Crippen LogP contribution in [0.3, 0.4) is 0 Å². The van der Waals surface area contributed by atoms with E-state index in [1.165, 1.54) is 30.1 Å². The third-order valence-corrected chi connectivity index (χ3v) is 2.69. The van der Waals surface area contributed by atoms with Crippen molar-refractivity contribution in [1.82, 2.24) is 5.43 Å². The van der Waals surface area contributed by atoms with Crippen molar-refractivity contribution in [3.05, 3.63) is 39.9 Å². The number of thiocarbonyl (C=S) groups is 1. The third kappa shape index (κ3) is 3.95. The lowest BCUT2D eigenvalue weighted by atomic mass is 10.2. The summed E-state index contributed by atoms with van der Waals surface area (Å²) in [7, 11) is 0. The van der Waals surface area contributed by atoms with Crippen molar-refractivity contribution in [3.8, 4) is 0 Å².